The molecule has 6 heteroatoms. The highest BCUT2D eigenvalue weighted by Gasteiger charge is 2.51. The molecule has 4 atom stereocenters. The van der Waals surface area contributed by atoms with E-state index >= 15 is 0 Å². The molecule has 5 nitrogen and oxygen atoms in total. The van der Waals surface area contributed by atoms with Gasteiger partial charge >= 0.3 is 0 Å². The number of carbonyl (C=O) groups excluding carboxylic acids is 2. The molecule has 0 aliphatic carbocycles. The highest BCUT2D eigenvalue weighted by Crippen LogP contribution is 2.41. The number of hydrogen-bond donors (Lipinski definition) is 1. The smallest absolute Gasteiger partial charge is 0.243 e. The molecule has 3 saturated heterocycles. The van der Waals surface area contributed by atoms with Gasteiger partial charge in [-0.1, -0.05) is 31.2 Å². The molecule has 1 aromatic carbocycles. The number of nitrogens with one attached hydrogen (secondary N) is 1. The number of likely N-dealkylation sites (tertiary alicyclic amines) is 1. The Morgan fingerprint density at radius 2 is 2.00 bits per heavy atom. The van der Waals surface area contributed by atoms with Crippen molar-refractivity contribution in [2.75, 3.05) is 26.2 Å². The standard InChI is InChI=1S/C24H32FN3O2/c1-2-12-26-24(30)23-19-14-18(21-6-3-7-22(29)28(21)23)15-27(16-19)13-4-5-17-8-10-20(25)11-9-17/h4-5,8-11,18-19,21,23H,2-3,6-7,12-16H2,1H3,(H,26,30)/b5-4+/t18-,19+,21+,23-/m1/s1. The maximum atomic E-state index is 13.1. The summed E-state index contributed by atoms with van der Waals surface area (Å²) in [6, 6.07) is 6.34. The van der Waals surface area contributed by atoms with E-state index in [1.165, 1.54) is 12.1 Å². The number of nitrogens with zero attached hydrogens (tertiary/aromatic N) is 2. The van der Waals surface area contributed by atoms with Gasteiger partial charge in [0.15, 0.2) is 0 Å². The van der Waals surface area contributed by atoms with Gasteiger partial charge in [0.25, 0.3) is 0 Å². The second-order valence-corrected chi connectivity index (χ2v) is 8.92. The van der Waals surface area contributed by atoms with Crippen molar-refractivity contribution < 1.29 is 14.0 Å². The Labute approximate surface area is 178 Å². The fourth-order valence-electron chi connectivity index (χ4n) is 5.50. The lowest BCUT2D eigenvalue weighted by Crippen LogP contribution is -2.68. The summed E-state index contributed by atoms with van der Waals surface area (Å²) in [5, 5.41) is 3.05. The first-order valence-electron chi connectivity index (χ1n) is 11.3. The number of benzene rings is 1. The minimum Gasteiger partial charge on any atom is -0.354 e. The van der Waals surface area contributed by atoms with Crippen LogP contribution in [0.4, 0.5) is 4.39 Å². The largest absolute Gasteiger partial charge is 0.354 e. The SMILES string of the molecule is CCCNC(=O)[C@H]1[C@H]2C[C@H](CN(C/C=C/c3ccc(F)cc3)C2)[C@@H]2CCCC(=O)N21. The molecule has 4 rings (SSSR count). The molecule has 3 heterocycles. The van der Waals surface area contributed by atoms with E-state index in [1.54, 1.807) is 12.1 Å². The third-order valence-corrected chi connectivity index (χ3v) is 6.78. The molecule has 1 N–H and O–H groups in total. The number of amides is 2. The number of halogens is 1. The fraction of sp³-hybridized carbons (Fsp3) is 0.583. The van der Waals surface area contributed by atoms with E-state index in [0.717, 1.165) is 50.9 Å². The molecule has 2 bridgehead atoms. The summed E-state index contributed by atoms with van der Waals surface area (Å²) < 4.78 is 13.1. The molecule has 1 aromatic rings. The minimum atomic E-state index is -0.338. The van der Waals surface area contributed by atoms with Gasteiger partial charge in [0.05, 0.1) is 0 Å². The summed E-state index contributed by atoms with van der Waals surface area (Å²) in [4.78, 5) is 30.2. The number of hydrogen-bond acceptors (Lipinski definition) is 3. The van der Waals surface area contributed by atoms with Crippen LogP contribution in [0, 0.1) is 17.7 Å². The first-order valence-corrected chi connectivity index (χ1v) is 11.3. The molecular formula is C24H32FN3O2. The van der Waals surface area contributed by atoms with E-state index in [9.17, 15) is 14.0 Å². The zero-order valence-corrected chi connectivity index (χ0v) is 17.7. The van der Waals surface area contributed by atoms with Gasteiger partial charge in [-0.2, -0.15) is 0 Å². The lowest BCUT2D eigenvalue weighted by molar-refractivity contribution is -0.160. The Kier molecular flexibility index (Phi) is 6.52. The van der Waals surface area contributed by atoms with Crippen molar-refractivity contribution in [2.24, 2.45) is 11.8 Å². The van der Waals surface area contributed by atoms with Gasteiger partial charge in [-0.05, 0) is 49.3 Å². The molecule has 2 amide bonds. The van der Waals surface area contributed by atoms with Crippen LogP contribution in [0.25, 0.3) is 6.08 Å². The van der Waals surface area contributed by atoms with Crippen LogP contribution in [-0.4, -0.2) is 59.9 Å². The van der Waals surface area contributed by atoms with Crippen molar-refractivity contribution >= 4 is 17.9 Å². The van der Waals surface area contributed by atoms with Crippen LogP contribution in [0.1, 0.15) is 44.6 Å². The topological polar surface area (TPSA) is 52.7 Å². The Morgan fingerprint density at radius 1 is 1.23 bits per heavy atom. The quantitative estimate of drug-likeness (QED) is 0.780. The first kappa shape index (κ1) is 21.0. The van der Waals surface area contributed by atoms with Crippen molar-refractivity contribution in [3.8, 4) is 0 Å². The van der Waals surface area contributed by atoms with Gasteiger partial charge in [-0.25, -0.2) is 4.39 Å². The van der Waals surface area contributed by atoms with E-state index in [0.29, 0.717) is 18.9 Å². The van der Waals surface area contributed by atoms with E-state index in [-0.39, 0.29) is 35.6 Å². The Hall–Kier alpha value is -2.21. The average Bonchev–Trinajstić information content (AvgIpc) is 2.74. The molecule has 0 unspecified atom stereocenters. The van der Waals surface area contributed by atoms with E-state index in [4.69, 9.17) is 0 Å². The van der Waals surface area contributed by atoms with Crippen molar-refractivity contribution in [3.63, 3.8) is 0 Å². The number of piperidine rings is 3. The van der Waals surface area contributed by atoms with Crippen LogP contribution in [-0.2, 0) is 9.59 Å². The predicted octanol–water partition coefficient (Wildman–Crippen LogP) is 3.07. The van der Waals surface area contributed by atoms with E-state index in [2.05, 4.69) is 16.3 Å². The van der Waals surface area contributed by atoms with Crippen LogP contribution >= 0.6 is 0 Å². The third kappa shape index (κ3) is 4.43. The lowest BCUT2D eigenvalue weighted by Gasteiger charge is -2.55. The molecular weight excluding hydrogens is 381 g/mol. The number of carbonyl (C=O) groups is 2. The summed E-state index contributed by atoms with van der Waals surface area (Å²) in [5.41, 5.74) is 0.981. The number of fused-ring (bicyclic) bond motifs is 4. The second-order valence-electron chi connectivity index (χ2n) is 8.92. The molecule has 30 heavy (non-hydrogen) atoms. The van der Waals surface area contributed by atoms with Crippen molar-refractivity contribution in [1.29, 1.82) is 0 Å². The van der Waals surface area contributed by atoms with Crippen LogP contribution in [0.2, 0.25) is 0 Å². The van der Waals surface area contributed by atoms with Crippen LogP contribution in [0.5, 0.6) is 0 Å². The van der Waals surface area contributed by atoms with E-state index < -0.39 is 0 Å². The molecule has 0 aromatic heterocycles. The van der Waals surface area contributed by atoms with Crippen LogP contribution < -0.4 is 5.32 Å². The summed E-state index contributed by atoms with van der Waals surface area (Å²) in [7, 11) is 0. The molecule has 0 spiro atoms. The maximum absolute atomic E-state index is 13.1. The summed E-state index contributed by atoms with van der Waals surface area (Å²) in [6.45, 7) is 5.28. The van der Waals surface area contributed by atoms with Gasteiger partial charge in [0.1, 0.15) is 11.9 Å². The minimum absolute atomic E-state index is 0.0178. The van der Waals surface area contributed by atoms with E-state index in [1.807, 2.05) is 17.9 Å². The highest BCUT2D eigenvalue weighted by atomic mass is 19.1. The predicted molar refractivity (Wildman–Crippen MR) is 115 cm³/mol. The summed E-state index contributed by atoms with van der Waals surface area (Å²) in [6.07, 6.45) is 8.54. The van der Waals surface area contributed by atoms with Gasteiger partial charge in [0.2, 0.25) is 11.8 Å². The van der Waals surface area contributed by atoms with Gasteiger partial charge in [-0.3, -0.25) is 14.5 Å². The first-order chi connectivity index (χ1) is 14.6. The molecule has 162 valence electrons. The van der Waals surface area contributed by atoms with Crippen molar-refractivity contribution in [2.45, 2.75) is 51.1 Å². The highest BCUT2D eigenvalue weighted by molar-refractivity contribution is 5.89. The molecule has 3 aliphatic rings. The van der Waals surface area contributed by atoms with Crippen LogP contribution in [0.3, 0.4) is 0 Å². The normalized spacial score (nSPS) is 29.1. The summed E-state index contributed by atoms with van der Waals surface area (Å²) in [5.74, 6) is 0.557. The second kappa shape index (κ2) is 9.29. The van der Waals surface area contributed by atoms with Gasteiger partial charge < -0.3 is 10.2 Å². The average molecular weight is 414 g/mol. The lowest BCUT2D eigenvalue weighted by atomic mass is 9.71. The molecule has 0 saturated carbocycles. The molecule has 0 radical (unpaired) electrons. The van der Waals surface area contributed by atoms with Crippen LogP contribution in [0.15, 0.2) is 30.3 Å². The molecule has 3 aliphatic heterocycles. The van der Waals surface area contributed by atoms with Crippen molar-refractivity contribution in [3.05, 3.63) is 41.7 Å². The van der Waals surface area contributed by atoms with Crippen molar-refractivity contribution in [1.82, 2.24) is 15.1 Å². The molecule has 3 fully saturated rings. The Balaban J connectivity index is 1.47. The number of rotatable bonds is 6. The Morgan fingerprint density at radius 3 is 2.77 bits per heavy atom. The monoisotopic (exact) mass is 413 g/mol. The fourth-order valence-corrected chi connectivity index (χ4v) is 5.50. The van der Waals surface area contributed by atoms with Gasteiger partial charge in [-0.15, -0.1) is 0 Å². The maximum Gasteiger partial charge on any atom is 0.243 e. The zero-order chi connectivity index (χ0) is 21.1. The zero-order valence-electron chi connectivity index (χ0n) is 17.7. The summed E-state index contributed by atoms with van der Waals surface area (Å²) >= 11 is 0. The van der Waals surface area contributed by atoms with Gasteiger partial charge in [0, 0.05) is 44.6 Å². The Bertz CT molecular complexity index is 794. The third-order valence-electron chi connectivity index (χ3n) is 6.78.